The van der Waals surface area contributed by atoms with Gasteiger partial charge in [0.25, 0.3) is 0 Å². The molecular formula is C17H19ClO2. The van der Waals surface area contributed by atoms with E-state index in [1.54, 1.807) is 12.1 Å². The van der Waals surface area contributed by atoms with Crippen LogP contribution in [0.4, 0.5) is 0 Å². The summed E-state index contributed by atoms with van der Waals surface area (Å²) in [6.45, 7) is 3.91. The normalized spacial score (nSPS) is 13.8. The van der Waals surface area contributed by atoms with E-state index in [1.165, 1.54) is 5.56 Å². The van der Waals surface area contributed by atoms with Crippen LogP contribution in [0.25, 0.3) is 0 Å². The minimum Gasteiger partial charge on any atom is -0.488 e. The minimum absolute atomic E-state index is 0.297. The fourth-order valence-corrected chi connectivity index (χ4v) is 2.15. The second-order valence-corrected chi connectivity index (χ2v) is 5.47. The van der Waals surface area contributed by atoms with Gasteiger partial charge >= 0.3 is 0 Å². The summed E-state index contributed by atoms with van der Waals surface area (Å²) in [5.74, 6) is 0.674. The zero-order valence-electron chi connectivity index (χ0n) is 11.7. The zero-order valence-corrected chi connectivity index (χ0v) is 12.5. The van der Waals surface area contributed by atoms with Crippen molar-refractivity contribution in [3.8, 4) is 5.75 Å². The molecule has 1 N–H and O–H groups in total. The molecule has 0 aliphatic rings. The minimum atomic E-state index is -0.559. The van der Waals surface area contributed by atoms with Gasteiger partial charge in [0.1, 0.15) is 11.9 Å². The van der Waals surface area contributed by atoms with Gasteiger partial charge in [-0.3, -0.25) is 0 Å². The third-order valence-electron chi connectivity index (χ3n) is 3.23. The Kier molecular flexibility index (Phi) is 5.05. The van der Waals surface area contributed by atoms with E-state index in [-0.39, 0.29) is 6.10 Å². The fourth-order valence-electron chi connectivity index (χ4n) is 1.97. The number of rotatable bonds is 5. The highest BCUT2D eigenvalue weighted by molar-refractivity contribution is 6.30. The molecule has 2 atom stereocenters. The van der Waals surface area contributed by atoms with E-state index in [2.05, 4.69) is 0 Å². The van der Waals surface area contributed by atoms with Crippen molar-refractivity contribution < 1.29 is 9.84 Å². The predicted molar refractivity (Wildman–Crippen MR) is 82.4 cm³/mol. The highest BCUT2D eigenvalue weighted by Gasteiger charge is 2.16. The van der Waals surface area contributed by atoms with Crippen LogP contribution in [-0.2, 0) is 6.42 Å². The van der Waals surface area contributed by atoms with Crippen molar-refractivity contribution in [2.45, 2.75) is 32.5 Å². The van der Waals surface area contributed by atoms with Gasteiger partial charge in [0.05, 0.1) is 6.10 Å². The molecular weight excluding hydrogens is 272 g/mol. The highest BCUT2D eigenvalue weighted by atomic mass is 35.5. The molecule has 0 aliphatic carbocycles. The summed E-state index contributed by atoms with van der Waals surface area (Å²) in [5.41, 5.74) is 2.32. The predicted octanol–water partition coefficient (Wildman–Crippen LogP) is 4.02. The lowest BCUT2D eigenvalue weighted by molar-refractivity contribution is 0.0479. The monoisotopic (exact) mass is 290 g/mol. The molecule has 0 aliphatic heterocycles. The number of hydrogen-bond acceptors (Lipinski definition) is 2. The van der Waals surface area contributed by atoms with E-state index in [0.29, 0.717) is 17.2 Å². The molecule has 0 amide bonds. The van der Waals surface area contributed by atoms with Crippen molar-refractivity contribution in [3.05, 3.63) is 64.7 Å². The largest absolute Gasteiger partial charge is 0.488 e. The molecule has 0 bridgehead atoms. The number of ether oxygens (including phenoxy) is 1. The summed E-state index contributed by atoms with van der Waals surface area (Å²) in [7, 11) is 0. The third kappa shape index (κ3) is 4.26. The van der Waals surface area contributed by atoms with Crippen LogP contribution >= 0.6 is 11.6 Å². The Bertz CT molecular complexity index is 551. The van der Waals surface area contributed by atoms with Crippen molar-refractivity contribution >= 4 is 11.6 Å². The van der Waals surface area contributed by atoms with Crippen LogP contribution in [0.5, 0.6) is 5.75 Å². The number of benzene rings is 2. The van der Waals surface area contributed by atoms with Crippen molar-refractivity contribution in [3.63, 3.8) is 0 Å². The van der Waals surface area contributed by atoms with Crippen LogP contribution in [0.2, 0.25) is 5.02 Å². The second kappa shape index (κ2) is 6.78. The average molecular weight is 291 g/mol. The Hall–Kier alpha value is -1.51. The number of halogens is 1. The van der Waals surface area contributed by atoms with Gasteiger partial charge in [-0.05, 0) is 37.6 Å². The molecule has 2 nitrogen and oxygen atoms in total. The quantitative estimate of drug-likeness (QED) is 0.901. The first-order valence-corrected chi connectivity index (χ1v) is 7.08. The lowest BCUT2D eigenvalue weighted by Gasteiger charge is -2.20. The molecule has 0 spiro atoms. The Labute approximate surface area is 125 Å². The summed E-state index contributed by atoms with van der Waals surface area (Å²) in [6.07, 6.45) is -0.284. The Morgan fingerprint density at radius 1 is 1.15 bits per heavy atom. The first kappa shape index (κ1) is 14.9. The maximum absolute atomic E-state index is 10.2. The summed E-state index contributed by atoms with van der Waals surface area (Å²) in [6, 6.07) is 15.4. The molecule has 0 saturated carbocycles. The van der Waals surface area contributed by atoms with Gasteiger partial charge in [-0.2, -0.15) is 0 Å². The molecule has 2 aromatic rings. The van der Waals surface area contributed by atoms with E-state index in [4.69, 9.17) is 16.3 Å². The lowest BCUT2D eigenvalue weighted by atomic mass is 10.0. The molecule has 2 unspecified atom stereocenters. The van der Waals surface area contributed by atoms with E-state index < -0.39 is 6.10 Å². The summed E-state index contributed by atoms with van der Waals surface area (Å²) >= 11 is 5.91. The van der Waals surface area contributed by atoms with Crippen molar-refractivity contribution in [2.75, 3.05) is 0 Å². The number of aliphatic hydroxyl groups is 1. The van der Waals surface area contributed by atoms with Crippen molar-refractivity contribution in [1.82, 2.24) is 0 Å². The third-order valence-corrected chi connectivity index (χ3v) is 3.46. The first-order valence-electron chi connectivity index (χ1n) is 6.70. The average Bonchev–Trinajstić information content (AvgIpc) is 2.41. The van der Waals surface area contributed by atoms with Gasteiger partial charge in [-0.15, -0.1) is 0 Å². The molecule has 0 aromatic heterocycles. The van der Waals surface area contributed by atoms with E-state index in [9.17, 15) is 5.11 Å². The fraction of sp³-hybridized carbons (Fsp3) is 0.294. The topological polar surface area (TPSA) is 29.5 Å². The van der Waals surface area contributed by atoms with Gasteiger partial charge in [0.2, 0.25) is 0 Å². The Morgan fingerprint density at radius 3 is 2.50 bits per heavy atom. The molecule has 2 aromatic carbocycles. The molecule has 106 valence electrons. The maximum atomic E-state index is 10.2. The second-order valence-electron chi connectivity index (χ2n) is 5.04. The first-order chi connectivity index (χ1) is 9.54. The Morgan fingerprint density at radius 2 is 1.85 bits per heavy atom. The Balaban J connectivity index is 1.94. The molecule has 0 heterocycles. The van der Waals surface area contributed by atoms with Gasteiger partial charge in [-0.1, -0.05) is 47.5 Å². The molecule has 0 fully saturated rings. The van der Waals surface area contributed by atoms with Crippen LogP contribution in [0.1, 0.15) is 18.1 Å². The van der Waals surface area contributed by atoms with E-state index in [1.807, 2.05) is 50.2 Å². The van der Waals surface area contributed by atoms with Crippen LogP contribution in [0, 0.1) is 6.92 Å². The van der Waals surface area contributed by atoms with E-state index >= 15 is 0 Å². The summed E-state index contributed by atoms with van der Waals surface area (Å²) < 4.78 is 5.72. The number of aliphatic hydroxyl groups excluding tert-OH is 1. The van der Waals surface area contributed by atoms with Crippen LogP contribution < -0.4 is 4.74 Å². The summed E-state index contributed by atoms with van der Waals surface area (Å²) in [4.78, 5) is 0. The maximum Gasteiger partial charge on any atom is 0.122 e. The summed E-state index contributed by atoms with van der Waals surface area (Å²) in [5, 5.41) is 10.8. The van der Waals surface area contributed by atoms with Gasteiger partial charge in [0.15, 0.2) is 0 Å². The molecule has 20 heavy (non-hydrogen) atoms. The van der Waals surface area contributed by atoms with Gasteiger partial charge in [0, 0.05) is 11.4 Å². The highest BCUT2D eigenvalue weighted by Crippen LogP contribution is 2.20. The number of hydrogen-bond donors (Lipinski definition) is 1. The zero-order chi connectivity index (χ0) is 14.5. The van der Waals surface area contributed by atoms with Gasteiger partial charge in [-0.25, -0.2) is 0 Å². The lowest BCUT2D eigenvalue weighted by Crippen LogP contribution is -2.30. The SMILES string of the molecule is Cc1ccc(CC(O)C(C)Oc2cccc(Cl)c2)cc1. The molecule has 0 radical (unpaired) electrons. The van der Waals surface area contributed by atoms with Gasteiger partial charge < -0.3 is 9.84 Å². The standard InChI is InChI=1S/C17H19ClO2/c1-12-6-8-14(9-7-12)10-17(19)13(2)20-16-5-3-4-15(18)11-16/h3-9,11,13,17,19H,10H2,1-2H3. The molecule has 0 saturated heterocycles. The van der Waals surface area contributed by atoms with Crippen molar-refractivity contribution in [2.24, 2.45) is 0 Å². The molecule has 2 rings (SSSR count). The van der Waals surface area contributed by atoms with E-state index in [0.717, 1.165) is 5.56 Å². The van der Waals surface area contributed by atoms with Crippen LogP contribution in [0.3, 0.4) is 0 Å². The van der Waals surface area contributed by atoms with Crippen LogP contribution in [-0.4, -0.2) is 17.3 Å². The molecule has 3 heteroatoms. The smallest absolute Gasteiger partial charge is 0.122 e. The van der Waals surface area contributed by atoms with Crippen molar-refractivity contribution in [1.29, 1.82) is 0 Å². The van der Waals surface area contributed by atoms with Crippen LogP contribution in [0.15, 0.2) is 48.5 Å². The number of aryl methyl sites for hydroxylation is 1.